The van der Waals surface area contributed by atoms with Gasteiger partial charge in [-0.05, 0) is 24.6 Å². The smallest absolute Gasteiger partial charge is 0.0944 e. The van der Waals surface area contributed by atoms with Crippen molar-refractivity contribution < 1.29 is 5.11 Å². The summed E-state index contributed by atoms with van der Waals surface area (Å²) in [6.07, 6.45) is 4.46. The largest absolute Gasteiger partial charge is 0.388 e. The second-order valence-electron chi connectivity index (χ2n) is 4.71. The van der Waals surface area contributed by atoms with Gasteiger partial charge in [-0.2, -0.15) is 0 Å². The molecule has 1 N–H and O–H groups in total. The number of nitrogens with zero attached hydrogens (tertiary/aromatic N) is 2. The van der Waals surface area contributed by atoms with Crippen molar-refractivity contribution in [3.63, 3.8) is 0 Å². The fourth-order valence-corrected chi connectivity index (χ4v) is 3.30. The first-order chi connectivity index (χ1) is 9.78. The molecule has 0 bridgehead atoms. The Hall–Kier alpha value is -1.78. The van der Waals surface area contributed by atoms with Crippen molar-refractivity contribution in [2.45, 2.75) is 25.9 Å². The van der Waals surface area contributed by atoms with Crippen LogP contribution in [-0.2, 0) is 12.8 Å². The molecule has 1 unspecified atom stereocenters. The summed E-state index contributed by atoms with van der Waals surface area (Å²) in [5.41, 5.74) is 2.46. The summed E-state index contributed by atoms with van der Waals surface area (Å²) in [4.78, 5) is 11.2. The number of para-hydroxylation sites is 1. The van der Waals surface area contributed by atoms with Crippen LogP contribution in [-0.4, -0.2) is 15.1 Å². The molecular weight excluding hydrogens is 268 g/mol. The van der Waals surface area contributed by atoms with E-state index in [9.17, 15) is 5.11 Å². The highest BCUT2D eigenvalue weighted by molar-refractivity contribution is 7.11. The fraction of sp³-hybridized carbons (Fsp3) is 0.250. The van der Waals surface area contributed by atoms with Crippen molar-refractivity contribution in [3.8, 4) is 0 Å². The van der Waals surface area contributed by atoms with Gasteiger partial charge in [-0.25, -0.2) is 0 Å². The van der Waals surface area contributed by atoms with Crippen LogP contribution in [0.5, 0.6) is 0 Å². The molecule has 0 radical (unpaired) electrons. The molecule has 20 heavy (non-hydrogen) atoms. The van der Waals surface area contributed by atoms with E-state index in [0.29, 0.717) is 6.42 Å². The van der Waals surface area contributed by atoms with E-state index in [1.165, 1.54) is 9.75 Å². The molecule has 0 aliphatic heterocycles. The van der Waals surface area contributed by atoms with Gasteiger partial charge in [-0.3, -0.25) is 9.97 Å². The number of aliphatic hydroxyl groups excluding tert-OH is 1. The predicted octanol–water partition coefficient (Wildman–Crippen LogP) is 3.53. The van der Waals surface area contributed by atoms with Gasteiger partial charge in [0.1, 0.15) is 0 Å². The van der Waals surface area contributed by atoms with E-state index in [4.69, 9.17) is 0 Å². The number of hydrogen-bond acceptors (Lipinski definition) is 4. The maximum absolute atomic E-state index is 10.5. The highest BCUT2D eigenvalue weighted by Crippen LogP contribution is 2.27. The average molecular weight is 284 g/mol. The van der Waals surface area contributed by atoms with E-state index < -0.39 is 6.10 Å². The molecule has 3 rings (SSSR count). The molecule has 0 amide bonds. The van der Waals surface area contributed by atoms with E-state index in [2.05, 4.69) is 29.0 Å². The summed E-state index contributed by atoms with van der Waals surface area (Å²) < 4.78 is 0. The third-order valence-corrected chi connectivity index (χ3v) is 4.60. The SMILES string of the molecule is CCc1ccc(CC(O)c2cccc3nccnc23)s1. The van der Waals surface area contributed by atoms with Crippen LogP contribution in [0, 0.1) is 0 Å². The number of rotatable bonds is 4. The van der Waals surface area contributed by atoms with Gasteiger partial charge >= 0.3 is 0 Å². The monoisotopic (exact) mass is 284 g/mol. The van der Waals surface area contributed by atoms with Gasteiger partial charge in [0, 0.05) is 34.1 Å². The third-order valence-electron chi connectivity index (χ3n) is 3.35. The third kappa shape index (κ3) is 2.57. The second kappa shape index (κ2) is 5.69. The van der Waals surface area contributed by atoms with Crippen molar-refractivity contribution in [2.75, 3.05) is 0 Å². The molecule has 0 aliphatic carbocycles. The molecule has 2 aromatic heterocycles. The van der Waals surface area contributed by atoms with Crippen LogP contribution in [0.15, 0.2) is 42.7 Å². The second-order valence-corrected chi connectivity index (χ2v) is 5.97. The van der Waals surface area contributed by atoms with Gasteiger partial charge in [-0.15, -0.1) is 11.3 Å². The lowest BCUT2D eigenvalue weighted by Gasteiger charge is -2.11. The van der Waals surface area contributed by atoms with Crippen molar-refractivity contribution >= 4 is 22.4 Å². The van der Waals surface area contributed by atoms with Gasteiger partial charge in [-0.1, -0.05) is 19.1 Å². The lowest BCUT2D eigenvalue weighted by Crippen LogP contribution is -2.02. The van der Waals surface area contributed by atoms with Crippen LogP contribution in [0.25, 0.3) is 11.0 Å². The Bertz CT molecular complexity index is 718. The number of aliphatic hydroxyl groups is 1. The molecule has 0 saturated heterocycles. The first kappa shape index (κ1) is 13.2. The van der Waals surface area contributed by atoms with Crippen molar-refractivity contribution in [1.29, 1.82) is 0 Å². The molecule has 1 aromatic carbocycles. The summed E-state index contributed by atoms with van der Waals surface area (Å²) in [6.45, 7) is 2.15. The molecule has 1 atom stereocenters. The highest BCUT2D eigenvalue weighted by atomic mass is 32.1. The van der Waals surface area contributed by atoms with E-state index >= 15 is 0 Å². The lowest BCUT2D eigenvalue weighted by molar-refractivity contribution is 0.181. The Morgan fingerprint density at radius 3 is 2.70 bits per heavy atom. The van der Waals surface area contributed by atoms with Crippen molar-refractivity contribution in [2.24, 2.45) is 0 Å². The standard InChI is InChI=1S/C16H16N2OS/c1-2-11-6-7-12(20-11)10-15(19)13-4-3-5-14-16(13)18-9-8-17-14/h3-9,15,19H,2,10H2,1H3. The molecule has 0 aliphatic rings. The van der Waals surface area contributed by atoms with Gasteiger partial charge in [0.25, 0.3) is 0 Å². The van der Waals surface area contributed by atoms with Crippen molar-refractivity contribution in [1.82, 2.24) is 9.97 Å². The zero-order valence-corrected chi connectivity index (χ0v) is 12.1. The minimum Gasteiger partial charge on any atom is -0.388 e. The van der Waals surface area contributed by atoms with Crippen LogP contribution in [0.3, 0.4) is 0 Å². The van der Waals surface area contributed by atoms with Crippen LogP contribution in [0.2, 0.25) is 0 Å². The topological polar surface area (TPSA) is 46.0 Å². The van der Waals surface area contributed by atoms with E-state index in [1.54, 1.807) is 23.7 Å². The summed E-state index contributed by atoms with van der Waals surface area (Å²) in [6, 6.07) is 10.00. The van der Waals surface area contributed by atoms with Gasteiger partial charge in [0.15, 0.2) is 0 Å². The quantitative estimate of drug-likeness (QED) is 0.797. The lowest BCUT2D eigenvalue weighted by atomic mass is 10.0. The van der Waals surface area contributed by atoms with Crippen LogP contribution >= 0.6 is 11.3 Å². The molecule has 3 nitrogen and oxygen atoms in total. The summed E-state index contributed by atoms with van der Waals surface area (Å²) in [7, 11) is 0. The van der Waals surface area contributed by atoms with Crippen LogP contribution in [0.1, 0.15) is 28.3 Å². The number of benzene rings is 1. The fourth-order valence-electron chi connectivity index (χ4n) is 2.31. The molecule has 0 spiro atoms. The maximum Gasteiger partial charge on any atom is 0.0944 e. The first-order valence-corrected chi connectivity index (χ1v) is 7.55. The molecule has 102 valence electrons. The molecule has 3 aromatic rings. The molecule has 0 saturated carbocycles. The van der Waals surface area contributed by atoms with Gasteiger partial charge < -0.3 is 5.11 Å². The summed E-state index contributed by atoms with van der Waals surface area (Å²) in [5.74, 6) is 0. The number of aryl methyl sites for hydroxylation is 1. The van der Waals surface area contributed by atoms with E-state index in [1.807, 2.05) is 18.2 Å². The van der Waals surface area contributed by atoms with Crippen LogP contribution in [0.4, 0.5) is 0 Å². The number of aromatic nitrogens is 2. The normalized spacial score (nSPS) is 12.7. The zero-order valence-electron chi connectivity index (χ0n) is 11.3. The summed E-state index contributed by atoms with van der Waals surface area (Å²) in [5, 5.41) is 10.5. The maximum atomic E-state index is 10.5. The molecule has 0 fully saturated rings. The number of thiophene rings is 1. The Labute approximate surface area is 122 Å². The Morgan fingerprint density at radius 1 is 1.10 bits per heavy atom. The Morgan fingerprint density at radius 2 is 1.90 bits per heavy atom. The van der Waals surface area contributed by atoms with Gasteiger partial charge in [0.2, 0.25) is 0 Å². The molecular formula is C16H16N2OS. The predicted molar refractivity (Wildman–Crippen MR) is 81.9 cm³/mol. The van der Waals surface area contributed by atoms with E-state index in [0.717, 1.165) is 23.0 Å². The number of hydrogen-bond donors (Lipinski definition) is 1. The zero-order chi connectivity index (χ0) is 13.9. The Kier molecular flexibility index (Phi) is 3.76. The highest BCUT2D eigenvalue weighted by Gasteiger charge is 2.14. The van der Waals surface area contributed by atoms with E-state index in [-0.39, 0.29) is 0 Å². The molecule has 4 heteroatoms. The first-order valence-electron chi connectivity index (χ1n) is 6.73. The minimum atomic E-state index is -0.543. The average Bonchev–Trinajstić information content (AvgIpc) is 2.94. The molecule has 2 heterocycles. The van der Waals surface area contributed by atoms with Crippen molar-refractivity contribution in [3.05, 3.63) is 58.0 Å². The Balaban J connectivity index is 1.90. The minimum absolute atomic E-state index is 0.543. The summed E-state index contributed by atoms with van der Waals surface area (Å²) >= 11 is 1.77. The van der Waals surface area contributed by atoms with Gasteiger partial charge in [0.05, 0.1) is 17.1 Å². The number of fused-ring (bicyclic) bond motifs is 1. The van der Waals surface area contributed by atoms with Crippen LogP contribution < -0.4 is 0 Å².